The highest BCUT2D eigenvalue weighted by atomic mass is 32.2. The zero-order chi connectivity index (χ0) is 21.9. The second-order valence-corrected chi connectivity index (χ2v) is 11.3. The first-order valence-corrected chi connectivity index (χ1v) is 13.0. The van der Waals surface area contributed by atoms with Gasteiger partial charge in [0.2, 0.25) is 10.0 Å². The molecule has 1 aliphatic rings. The van der Waals surface area contributed by atoms with Crippen LogP contribution < -0.4 is 4.72 Å². The van der Waals surface area contributed by atoms with E-state index in [1.807, 2.05) is 19.2 Å². The number of nitrogens with zero attached hydrogens (tertiary/aromatic N) is 2. The molecular weight excluding hydrogens is 422 g/mol. The highest BCUT2D eigenvalue weighted by molar-refractivity contribution is 7.92. The van der Waals surface area contributed by atoms with Gasteiger partial charge in [0.05, 0.1) is 9.79 Å². The summed E-state index contributed by atoms with van der Waals surface area (Å²) in [5.41, 5.74) is 1.41. The number of likely N-dealkylation sites (N-methyl/N-ethyl adjacent to an activating group) is 1. The Bertz CT molecular complexity index is 1060. The lowest BCUT2D eigenvalue weighted by molar-refractivity contribution is 0.222. The van der Waals surface area contributed by atoms with Gasteiger partial charge in [-0.2, -0.15) is 4.31 Å². The van der Waals surface area contributed by atoms with Gasteiger partial charge in [-0.3, -0.25) is 4.72 Å². The van der Waals surface area contributed by atoms with Crippen LogP contribution in [0.4, 0.5) is 5.69 Å². The van der Waals surface area contributed by atoms with Crippen LogP contribution in [0.3, 0.4) is 0 Å². The van der Waals surface area contributed by atoms with E-state index >= 15 is 0 Å². The van der Waals surface area contributed by atoms with Crippen LogP contribution in [0.15, 0.2) is 58.3 Å². The van der Waals surface area contributed by atoms with Crippen LogP contribution in [0.25, 0.3) is 0 Å². The van der Waals surface area contributed by atoms with Crippen LogP contribution in [-0.2, 0) is 20.0 Å². The molecule has 0 aliphatic carbocycles. The van der Waals surface area contributed by atoms with E-state index in [2.05, 4.69) is 23.5 Å². The van der Waals surface area contributed by atoms with Crippen LogP contribution in [0, 0.1) is 0 Å². The third kappa shape index (κ3) is 5.03. The topological polar surface area (TPSA) is 86.8 Å². The summed E-state index contributed by atoms with van der Waals surface area (Å²) in [4.78, 5) is 2.41. The largest absolute Gasteiger partial charge is 0.304 e. The van der Waals surface area contributed by atoms with Gasteiger partial charge in [-0.05, 0) is 61.3 Å². The van der Waals surface area contributed by atoms with Crippen molar-refractivity contribution < 1.29 is 16.8 Å². The molecule has 7 nitrogen and oxygen atoms in total. The highest BCUT2D eigenvalue weighted by Gasteiger charge is 2.27. The van der Waals surface area contributed by atoms with Crippen molar-refractivity contribution in [2.45, 2.75) is 36.0 Å². The van der Waals surface area contributed by atoms with Crippen LogP contribution >= 0.6 is 0 Å². The third-order valence-corrected chi connectivity index (χ3v) is 8.89. The Labute approximate surface area is 179 Å². The van der Waals surface area contributed by atoms with Gasteiger partial charge in [-0.25, -0.2) is 16.8 Å². The Morgan fingerprint density at radius 3 is 1.93 bits per heavy atom. The van der Waals surface area contributed by atoms with Gasteiger partial charge < -0.3 is 4.90 Å². The molecule has 0 radical (unpaired) electrons. The van der Waals surface area contributed by atoms with Crippen molar-refractivity contribution in [1.29, 1.82) is 0 Å². The summed E-state index contributed by atoms with van der Waals surface area (Å²) in [5.74, 6) is 0.365. The SMILES string of the molecule is CCC(C)c1ccc(S(=O)(=O)Nc2ccc(S(=O)(=O)N3CCN(C)CC3)cc2)cc1. The van der Waals surface area contributed by atoms with E-state index in [1.54, 1.807) is 12.1 Å². The summed E-state index contributed by atoms with van der Waals surface area (Å²) in [6, 6.07) is 12.7. The fraction of sp³-hybridized carbons (Fsp3) is 0.429. The van der Waals surface area contributed by atoms with Gasteiger partial charge in [-0.15, -0.1) is 0 Å². The van der Waals surface area contributed by atoms with Crippen molar-refractivity contribution in [3.05, 3.63) is 54.1 Å². The molecule has 2 aromatic rings. The third-order valence-electron chi connectivity index (χ3n) is 5.58. The average Bonchev–Trinajstić information content (AvgIpc) is 2.73. The Kier molecular flexibility index (Phi) is 6.86. The molecule has 1 heterocycles. The molecule has 1 aliphatic heterocycles. The molecule has 1 atom stereocenters. The van der Waals surface area contributed by atoms with Crippen molar-refractivity contribution >= 4 is 25.7 Å². The lowest BCUT2D eigenvalue weighted by Gasteiger charge is -2.31. The van der Waals surface area contributed by atoms with Crippen molar-refractivity contribution in [3.8, 4) is 0 Å². The van der Waals surface area contributed by atoms with Crippen molar-refractivity contribution in [3.63, 3.8) is 0 Å². The van der Waals surface area contributed by atoms with Gasteiger partial charge >= 0.3 is 0 Å². The molecule has 0 aromatic heterocycles. The maximum Gasteiger partial charge on any atom is 0.261 e. The normalized spacial score (nSPS) is 17.6. The van der Waals surface area contributed by atoms with E-state index in [9.17, 15) is 16.8 Å². The quantitative estimate of drug-likeness (QED) is 0.699. The number of benzene rings is 2. The molecule has 0 saturated carbocycles. The summed E-state index contributed by atoms with van der Waals surface area (Å²) in [6.07, 6.45) is 0.980. The van der Waals surface area contributed by atoms with E-state index in [0.29, 0.717) is 37.8 Å². The Balaban J connectivity index is 1.73. The van der Waals surface area contributed by atoms with E-state index in [-0.39, 0.29) is 9.79 Å². The van der Waals surface area contributed by atoms with Crippen LogP contribution in [0.2, 0.25) is 0 Å². The smallest absolute Gasteiger partial charge is 0.261 e. The van der Waals surface area contributed by atoms with Crippen molar-refractivity contribution in [2.24, 2.45) is 0 Å². The number of piperazine rings is 1. The van der Waals surface area contributed by atoms with Gasteiger partial charge in [0.15, 0.2) is 0 Å². The minimum Gasteiger partial charge on any atom is -0.304 e. The minimum atomic E-state index is -3.75. The minimum absolute atomic E-state index is 0.160. The molecule has 9 heteroatoms. The number of sulfonamides is 2. The predicted molar refractivity (Wildman–Crippen MR) is 119 cm³/mol. The van der Waals surface area contributed by atoms with Gasteiger partial charge in [-0.1, -0.05) is 26.0 Å². The van der Waals surface area contributed by atoms with E-state index in [4.69, 9.17) is 0 Å². The van der Waals surface area contributed by atoms with E-state index < -0.39 is 20.0 Å². The monoisotopic (exact) mass is 451 g/mol. The number of hydrogen-bond donors (Lipinski definition) is 1. The molecule has 0 spiro atoms. The Hall–Kier alpha value is -1.94. The molecular formula is C21H29N3O4S2. The summed E-state index contributed by atoms with van der Waals surface area (Å²) in [5, 5.41) is 0. The summed E-state index contributed by atoms with van der Waals surface area (Å²) >= 11 is 0. The first kappa shape index (κ1) is 22.7. The molecule has 2 aromatic carbocycles. The Morgan fingerprint density at radius 2 is 1.40 bits per heavy atom. The van der Waals surface area contributed by atoms with Crippen molar-refractivity contribution in [2.75, 3.05) is 37.9 Å². The zero-order valence-corrected chi connectivity index (χ0v) is 19.2. The van der Waals surface area contributed by atoms with E-state index in [0.717, 1.165) is 12.0 Å². The lowest BCUT2D eigenvalue weighted by atomic mass is 9.99. The molecule has 3 rings (SSSR count). The number of rotatable bonds is 7. The number of anilines is 1. The second-order valence-electron chi connectivity index (χ2n) is 7.72. The first-order chi connectivity index (χ1) is 14.1. The van der Waals surface area contributed by atoms with Gasteiger partial charge in [0.25, 0.3) is 10.0 Å². The highest BCUT2D eigenvalue weighted by Crippen LogP contribution is 2.24. The second kappa shape index (κ2) is 9.05. The average molecular weight is 452 g/mol. The fourth-order valence-electron chi connectivity index (χ4n) is 3.30. The number of nitrogens with one attached hydrogen (secondary N) is 1. The molecule has 30 heavy (non-hydrogen) atoms. The molecule has 1 fully saturated rings. The molecule has 1 unspecified atom stereocenters. The summed E-state index contributed by atoms with van der Waals surface area (Å²) in [7, 11) is -5.38. The molecule has 0 amide bonds. The maximum absolute atomic E-state index is 12.8. The van der Waals surface area contributed by atoms with Crippen LogP contribution in [-0.4, -0.2) is 59.3 Å². The standard InChI is InChI=1S/C21H29N3O4S2/c1-4-17(2)18-5-9-20(10-6-18)29(25,26)22-19-7-11-21(12-8-19)30(27,28)24-15-13-23(3)14-16-24/h5-12,17,22H,4,13-16H2,1-3H3. The van der Waals surface area contributed by atoms with Gasteiger partial charge in [0.1, 0.15) is 0 Å². The van der Waals surface area contributed by atoms with E-state index in [1.165, 1.54) is 28.6 Å². The molecule has 1 saturated heterocycles. The number of hydrogen-bond acceptors (Lipinski definition) is 5. The van der Waals surface area contributed by atoms with Gasteiger partial charge in [0, 0.05) is 31.9 Å². The predicted octanol–water partition coefficient (Wildman–Crippen LogP) is 2.94. The van der Waals surface area contributed by atoms with Crippen LogP contribution in [0.1, 0.15) is 31.7 Å². The Morgan fingerprint density at radius 1 is 0.867 bits per heavy atom. The summed E-state index contributed by atoms with van der Waals surface area (Å²) < 4.78 is 54.9. The van der Waals surface area contributed by atoms with Crippen molar-refractivity contribution in [1.82, 2.24) is 9.21 Å². The first-order valence-electron chi connectivity index (χ1n) is 10.0. The molecule has 164 valence electrons. The molecule has 1 N–H and O–H groups in total. The summed E-state index contributed by atoms with van der Waals surface area (Å²) in [6.45, 7) is 6.45. The molecule has 0 bridgehead atoms. The fourth-order valence-corrected chi connectivity index (χ4v) is 5.78. The zero-order valence-electron chi connectivity index (χ0n) is 17.6. The maximum atomic E-state index is 12.8. The van der Waals surface area contributed by atoms with Crippen LogP contribution in [0.5, 0.6) is 0 Å². The lowest BCUT2D eigenvalue weighted by Crippen LogP contribution is -2.46.